The summed E-state index contributed by atoms with van der Waals surface area (Å²) in [6, 6.07) is 24.6. The summed E-state index contributed by atoms with van der Waals surface area (Å²) < 4.78 is 16.6. The van der Waals surface area contributed by atoms with Crippen LogP contribution in [0.1, 0.15) is 23.6 Å². The van der Waals surface area contributed by atoms with Crippen LogP contribution in [0.25, 0.3) is 5.57 Å². The monoisotopic (exact) mass is 402 g/mol. The van der Waals surface area contributed by atoms with Crippen molar-refractivity contribution < 1.29 is 24.1 Å². The highest BCUT2D eigenvalue weighted by molar-refractivity contribution is 5.84. The van der Waals surface area contributed by atoms with Crippen molar-refractivity contribution >= 4 is 11.5 Å². The minimum Gasteiger partial charge on any atom is -0.479 e. The average Bonchev–Trinajstić information content (AvgIpc) is 2.78. The molecule has 1 N–H and O–H groups in total. The lowest BCUT2D eigenvalue weighted by Crippen LogP contribution is -2.26. The normalized spacial score (nSPS) is 15.9. The first-order valence-electron chi connectivity index (χ1n) is 9.74. The molecular formula is C25H22O5. The van der Waals surface area contributed by atoms with Gasteiger partial charge in [0.1, 0.15) is 18.1 Å². The van der Waals surface area contributed by atoms with E-state index in [1.165, 1.54) is 0 Å². The van der Waals surface area contributed by atoms with Crippen molar-refractivity contribution in [2.24, 2.45) is 0 Å². The zero-order valence-electron chi connectivity index (χ0n) is 16.5. The number of esters is 1. The molecule has 152 valence electrons. The van der Waals surface area contributed by atoms with E-state index in [-0.39, 0.29) is 6.61 Å². The van der Waals surface area contributed by atoms with E-state index >= 15 is 0 Å². The maximum absolute atomic E-state index is 12.3. The van der Waals surface area contributed by atoms with Crippen LogP contribution in [0.5, 0.6) is 11.5 Å². The van der Waals surface area contributed by atoms with Gasteiger partial charge in [-0.1, -0.05) is 60.7 Å². The van der Waals surface area contributed by atoms with Crippen LogP contribution >= 0.6 is 0 Å². The second-order valence-electron chi connectivity index (χ2n) is 6.97. The number of benzene rings is 3. The first-order valence-corrected chi connectivity index (χ1v) is 9.74. The third kappa shape index (κ3) is 4.53. The quantitative estimate of drug-likeness (QED) is 0.622. The van der Waals surface area contributed by atoms with Gasteiger partial charge in [-0.25, -0.2) is 4.79 Å². The zero-order valence-corrected chi connectivity index (χ0v) is 16.5. The van der Waals surface area contributed by atoms with Crippen molar-refractivity contribution in [2.75, 3.05) is 0 Å². The number of carbonyl (C=O) groups excluding carboxylic acids is 1. The summed E-state index contributed by atoms with van der Waals surface area (Å²) in [6.07, 6.45) is -0.178. The van der Waals surface area contributed by atoms with Gasteiger partial charge in [-0.05, 0) is 41.8 Å². The number of fused-ring (bicyclic) bond motifs is 1. The molecule has 0 aliphatic carbocycles. The summed E-state index contributed by atoms with van der Waals surface area (Å²) in [5.74, 6) is 0.494. The third-order valence-corrected chi connectivity index (χ3v) is 4.75. The van der Waals surface area contributed by atoms with Gasteiger partial charge in [0, 0.05) is 11.6 Å². The first-order chi connectivity index (χ1) is 14.6. The lowest BCUT2D eigenvalue weighted by molar-refractivity contribution is -0.152. The Bertz CT molecular complexity index is 1040. The van der Waals surface area contributed by atoms with Crippen LogP contribution in [-0.2, 0) is 16.1 Å². The van der Waals surface area contributed by atoms with Gasteiger partial charge in [-0.3, -0.25) is 0 Å². The number of rotatable bonds is 6. The largest absolute Gasteiger partial charge is 0.479 e. The lowest BCUT2D eigenvalue weighted by atomic mass is 9.95. The summed E-state index contributed by atoms with van der Waals surface area (Å²) in [4.78, 5) is 12.3. The molecule has 1 heterocycles. The predicted octanol–water partition coefficient (Wildman–Crippen LogP) is 4.34. The second-order valence-corrected chi connectivity index (χ2v) is 6.97. The molecule has 0 amide bonds. The Balaban J connectivity index is 1.46. The fourth-order valence-electron chi connectivity index (χ4n) is 3.26. The molecule has 2 unspecified atom stereocenters. The summed E-state index contributed by atoms with van der Waals surface area (Å²) in [6.45, 7) is 1.83. The summed E-state index contributed by atoms with van der Waals surface area (Å²) in [5, 5.41) is 10.1. The molecule has 0 radical (unpaired) electrons. The predicted molar refractivity (Wildman–Crippen MR) is 113 cm³/mol. The highest BCUT2D eigenvalue weighted by Crippen LogP contribution is 2.38. The number of aliphatic hydroxyl groups excluding tert-OH is 1. The zero-order chi connectivity index (χ0) is 20.9. The van der Waals surface area contributed by atoms with E-state index in [9.17, 15) is 9.90 Å². The molecule has 0 aromatic heterocycles. The Hall–Kier alpha value is -3.57. The molecule has 30 heavy (non-hydrogen) atoms. The molecule has 1 aliphatic rings. The van der Waals surface area contributed by atoms with Gasteiger partial charge >= 0.3 is 5.97 Å². The Labute approximate surface area is 175 Å². The lowest BCUT2D eigenvalue weighted by Gasteiger charge is -2.23. The van der Waals surface area contributed by atoms with Gasteiger partial charge in [-0.2, -0.15) is 0 Å². The van der Waals surface area contributed by atoms with Gasteiger partial charge < -0.3 is 19.3 Å². The van der Waals surface area contributed by atoms with Gasteiger partial charge in [0.05, 0.1) is 0 Å². The molecule has 0 fully saturated rings. The maximum Gasteiger partial charge on any atom is 0.347 e. The van der Waals surface area contributed by atoms with Crippen LogP contribution in [0.2, 0.25) is 0 Å². The molecule has 1 aliphatic heterocycles. The minimum atomic E-state index is -1.06. The van der Waals surface area contributed by atoms with Crippen LogP contribution in [0.4, 0.5) is 0 Å². The van der Waals surface area contributed by atoms with E-state index in [2.05, 4.69) is 0 Å². The number of hydrogen-bond donors (Lipinski definition) is 1. The molecule has 0 bridgehead atoms. The molecule has 0 saturated carbocycles. The Morgan fingerprint density at radius 1 is 1.03 bits per heavy atom. The summed E-state index contributed by atoms with van der Waals surface area (Å²) in [5.41, 5.74) is 3.62. The number of ether oxygens (including phenoxy) is 3. The Morgan fingerprint density at radius 3 is 2.47 bits per heavy atom. The fraction of sp³-hybridized carbons (Fsp3) is 0.160. The van der Waals surface area contributed by atoms with E-state index < -0.39 is 18.4 Å². The number of aliphatic hydroxyl groups is 1. The van der Waals surface area contributed by atoms with Crippen LogP contribution in [0.15, 0.2) is 84.9 Å². The maximum atomic E-state index is 12.3. The molecular weight excluding hydrogens is 380 g/mol. The highest BCUT2D eigenvalue weighted by Gasteiger charge is 2.22. The minimum absolute atomic E-state index is 0.193. The molecule has 5 heteroatoms. The van der Waals surface area contributed by atoms with Crippen LogP contribution in [0, 0.1) is 0 Å². The van der Waals surface area contributed by atoms with Crippen molar-refractivity contribution in [3.8, 4) is 11.5 Å². The van der Waals surface area contributed by atoms with Gasteiger partial charge in [0.15, 0.2) is 6.10 Å². The third-order valence-electron chi connectivity index (χ3n) is 4.75. The Kier molecular flexibility index (Phi) is 5.82. The summed E-state index contributed by atoms with van der Waals surface area (Å²) >= 11 is 0. The SMILES string of the molecule is CC(Oc1ccc2c(c1)OC(O)C=C2c1ccccc1)C(=O)OCc1ccccc1. The molecule has 5 nitrogen and oxygen atoms in total. The Morgan fingerprint density at radius 2 is 1.73 bits per heavy atom. The smallest absolute Gasteiger partial charge is 0.347 e. The van der Waals surface area contributed by atoms with E-state index in [1.807, 2.05) is 66.7 Å². The number of carbonyl (C=O) groups is 1. The number of hydrogen-bond acceptors (Lipinski definition) is 5. The topological polar surface area (TPSA) is 65.0 Å². The van der Waals surface area contributed by atoms with Crippen molar-refractivity contribution in [3.05, 3.63) is 102 Å². The van der Waals surface area contributed by atoms with Crippen molar-refractivity contribution in [1.82, 2.24) is 0 Å². The molecule has 3 aromatic rings. The molecule has 2 atom stereocenters. The molecule has 3 aromatic carbocycles. The molecule has 0 saturated heterocycles. The molecule has 4 rings (SSSR count). The molecule has 0 spiro atoms. The van der Waals surface area contributed by atoms with E-state index in [0.717, 1.165) is 22.3 Å². The highest BCUT2D eigenvalue weighted by atomic mass is 16.6. The van der Waals surface area contributed by atoms with E-state index in [1.54, 1.807) is 25.1 Å². The van der Waals surface area contributed by atoms with Crippen molar-refractivity contribution in [2.45, 2.75) is 25.9 Å². The van der Waals surface area contributed by atoms with Gasteiger partial charge in [0.2, 0.25) is 6.29 Å². The standard InChI is InChI=1S/C25H22O5/c1-17(25(27)28-16-18-8-4-2-5-9-18)29-20-12-13-21-22(19-10-6-3-7-11-19)15-24(26)30-23(21)14-20/h2-15,17,24,26H,16H2,1H3. The van der Waals surface area contributed by atoms with Crippen molar-refractivity contribution in [3.63, 3.8) is 0 Å². The first kappa shape index (κ1) is 19.7. The van der Waals surface area contributed by atoms with E-state index in [0.29, 0.717) is 11.5 Å². The van der Waals surface area contributed by atoms with Crippen molar-refractivity contribution in [1.29, 1.82) is 0 Å². The van der Waals surface area contributed by atoms with Gasteiger partial charge in [0.25, 0.3) is 0 Å². The second kappa shape index (κ2) is 8.84. The fourth-order valence-corrected chi connectivity index (χ4v) is 3.26. The van der Waals surface area contributed by atoms with Crippen LogP contribution in [0.3, 0.4) is 0 Å². The van der Waals surface area contributed by atoms with Crippen LogP contribution < -0.4 is 9.47 Å². The van der Waals surface area contributed by atoms with E-state index in [4.69, 9.17) is 14.2 Å². The van der Waals surface area contributed by atoms with Gasteiger partial charge in [-0.15, -0.1) is 0 Å². The van der Waals surface area contributed by atoms with Crippen LogP contribution in [-0.4, -0.2) is 23.5 Å². The average molecular weight is 402 g/mol. The summed E-state index contributed by atoms with van der Waals surface area (Å²) in [7, 11) is 0.